The van der Waals surface area contributed by atoms with Gasteiger partial charge in [0.1, 0.15) is 0 Å². The van der Waals surface area contributed by atoms with E-state index in [0.29, 0.717) is 5.92 Å². The third kappa shape index (κ3) is 2.12. The van der Waals surface area contributed by atoms with Gasteiger partial charge in [0.2, 0.25) is 0 Å². The van der Waals surface area contributed by atoms with E-state index in [1.54, 1.807) is 6.20 Å². The number of imidazole rings is 1. The normalized spacial score (nSPS) is 9.45. The first-order valence-electron chi connectivity index (χ1n) is 3.69. The summed E-state index contributed by atoms with van der Waals surface area (Å²) < 4.78 is 1.91. The van der Waals surface area contributed by atoms with E-state index in [4.69, 9.17) is 0 Å². The van der Waals surface area contributed by atoms with E-state index in [0.717, 1.165) is 5.82 Å². The minimum atomic E-state index is 0.409. The molecule has 1 aromatic heterocycles. The van der Waals surface area contributed by atoms with Crippen molar-refractivity contribution in [3.63, 3.8) is 0 Å². The highest BCUT2D eigenvalue weighted by atomic mass is 15.0. The lowest BCUT2D eigenvalue weighted by Crippen LogP contribution is -1.91. The van der Waals surface area contributed by atoms with Crippen molar-refractivity contribution in [2.24, 2.45) is 13.0 Å². The van der Waals surface area contributed by atoms with Gasteiger partial charge >= 0.3 is 0 Å². The molecule has 0 fully saturated rings. The highest BCUT2D eigenvalue weighted by molar-refractivity contribution is 5.21. The molecule has 0 aliphatic rings. The van der Waals surface area contributed by atoms with Crippen LogP contribution in [-0.2, 0) is 7.05 Å². The Bertz CT molecular complexity index is 286. The first-order chi connectivity index (χ1) is 5.20. The molecule has 1 aromatic rings. The Kier molecular flexibility index (Phi) is 2.32. The van der Waals surface area contributed by atoms with Crippen molar-refractivity contribution in [2.75, 3.05) is 0 Å². The molecule has 0 aliphatic carbocycles. The van der Waals surface area contributed by atoms with Crippen LogP contribution in [0.1, 0.15) is 19.7 Å². The van der Waals surface area contributed by atoms with Crippen LogP contribution in [0, 0.1) is 17.8 Å². The molecule has 0 saturated heterocycles. The van der Waals surface area contributed by atoms with Crippen molar-refractivity contribution in [1.82, 2.24) is 9.55 Å². The van der Waals surface area contributed by atoms with Gasteiger partial charge in [-0.05, 0) is 5.92 Å². The average Bonchev–Trinajstić information content (AvgIpc) is 2.31. The summed E-state index contributed by atoms with van der Waals surface area (Å²) in [4.78, 5) is 4.08. The maximum atomic E-state index is 4.08. The molecule has 11 heavy (non-hydrogen) atoms. The number of aromatic nitrogens is 2. The number of aryl methyl sites for hydroxylation is 1. The van der Waals surface area contributed by atoms with Crippen LogP contribution in [0.5, 0.6) is 0 Å². The van der Waals surface area contributed by atoms with Gasteiger partial charge in [-0.15, -0.1) is 0 Å². The molecular weight excluding hydrogens is 136 g/mol. The maximum absolute atomic E-state index is 4.08. The zero-order valence-corrected chi connectivity index (χ0v) is 7.13. The van der Waals surface area contributed by atoms with E-state index in [1.165, 1.54) is 0 Å². The van der Waals surface area contributed by atoms with Crippen molar-refractivity contribution in [2.45, 2.75) is 13.8 Å². The van der Waals surface area contributed by atoms with Crippen LogP contribution in [-0.4, -0.2) is 9.55 Å². The first-order valence-corrected chi connectivity index (χ1v) is 3.69. The zero-order valence-electron chi connectivity index (χ0n) is 7.13. The molecule has 2 nitrogen and oxygen atoms in total. The second kappa shape index (κ2) is 3.25. The monoisotopic (exact) mass is 148 g/mol. The number of hydrogen-bond donors (Lipinski definition) is 0. The summed E-state index contributed by atoms with van der Waals surface area (Å²) in [5, 5.41) is 0. The Hall–Kier alpha value is -1.23. The molecule has 0 bridgehead atoms. The molecule has 0 aliphatic heterocycles. The fraction of sp³-hybridized carbons (Fsp3) is 0.444. The fourth-order valence-electron chi connectivity index (χ4n) is 0.695. The molecule has 0 atom stereocenters. The van der Waals surface area contributed by atoms with Crippen LogP contribution in [0.3, 0.4) is 0 Å². The van der Waals surface area contributed by atoms with E-state index in [1.807, 2.05) is 17.8 Å². The quantitative estimate of drug-likeness (QED) is 0.509. The lowest BCUT2D eigenvalue weighted by molar-refractivity contribution is 0.859. The van der Waals surface area contributed by atoms with Gasteiger partial charge in [-0.1, -0.05) is 19.8 Å². The summed E-state index contributed by atoms with van der Waals surface area (Å²) in [6.07, 6.45) is 3.65. The highest BCUT2D eigenvalue weighted by Gasteiger charge is 1.91. The van der Waals surface area contributed by atoms with Crippen LogP contribution in [0.15, 0.2) is 12.4 Å². The van der Waals surface area contributed by atoms with Crippen LogP contribution >= 0.6 is 0 Å². The lowest BCUT2D eigenvalue weighted by atomic mass is 10.2. The fourth-order valence-corrected chi connectivity index (χ4v) is 0.695. The first kappa shape index (κ1) is 7.87. The van der Waals surface area contributed by atoms with Crippen LogP contribution in [0.4, 0.5) is 0 Å². The van der Waals surface area contributed by atoms with Gasteiger partial charge in [0.25, 0.3) is 0 Å². The molecule has 0 N–H and O–H groups in total. The SMILES string of the molecule is CC(C)C#Cc1nccn1C. The van der Waals surface area contributed by atoms with E-state index < -0.39 is 0 Å². The maximum Gasteiger partial charge on any atom is 0.185 e. The second-order valence-corrected chi connectivity index (χ2v) is 2.79. The molecule has 58 valence electrons. The van der Waals surface area contributed by atoms with Crippen molar-refractivity contribution >= 4 is 0 Å². The minimum absolute atomic E-state index is 0.409. The van der Waals surface area contributed by atoms with Crippen LogP contribution in [0.2, 0.25) is 0 Å². The Morgan fingerprint density at radius 2 is 2.27 bits per heavy atom. The van der Waals surface area contributed by atoms with E-state index in [-0.39, 0.29) is 0 Å². The summed E-state index contributed by atoms with van der Waals surface area (Å²) >= 11 is 0. The van der Waals surface area contributed by atoms with Gasteiger partial charge in [-0.3, -0.25) is 0 Å². The third-order valence-electron chi connectivity index (χ3n) is 1.29. The van der Waals surface area contributed by atoms with Gasteiger partial charge in [-0.2, -0.15) is 0 Å². The van der Waals surface area contributed by atoms with E-state index in [2.05, 4.69) is 30.7 Å². The van der Waals surface area contributed by atoms with Crippen LogP contribution < -0.4 is 0 Å². The lowest BCUT2D eigenvalue weighted by Gasteiger charge is -1.90. The van der Waals surface area contributed by atoms with Crippen molar-refractivity contribution in [1.29, 1.82) is 0 Å². The largest absolute Gasteiger partial charge is 0.327 e. The number of hydrogen-bond acceptors (Lipinski definition) is 1. The number of rotatable bonds is 0. The molecule has 0 saturated carbocycles. The smallest absolute Gasteiger partial charge is 0.185 e. The standard InChI is InChI=1S/C9H12N2/c1-8(2)4-5-9-10-6-7-11(9)3/h6-8H,1-3H3. The highest BCUT2D eigenvalue weighted by Crippen LogP contribution is 1.92. The summed E-state index contributed by atoms with van der Waals surface area (Å²) in [5.41, 5.74) is 0. The van der Waals surface area contributed by atoms with Gasteiger partial charge in [-0.25, -0.2) is 4.98 Å². The number of nitrogens with zero attached hydrogens (tertiary/aromatic N) is 2. The summed E-state index contributed by atoms with van der Waals surface area (Å²) in [7, 11) is 1.94. The molecule has 1 rings (SSSR count). The topological polar surface area (TPSA) is 17.8 Å². The summed E-state index contributed by atoms with van der Waals surface area (Å²) in [6.45, 7) is 4.13. The van der Waals surface area contributed by atoms with E-state index >= 15 is 0 Å². The predicted octanol–water partition coefficient (Wildman–Crippen LogP) is 1.43. The predicted molar refractivity (Wildman–Crippen MR) is 44.9 cm³/mol. The zero-order chi connectivity index (χ0) is 8.27. The molecule has 0 spiro atoms. The Morgan fingerprint density at radius 1 is 1.55 bits per heavy atom. The average molecular weight is 148 g/mol. The molecular formula is C9H12N2. The van der Waals surface area contributed by atoms with Gasteiger partial charge in [0.15, 0.2) is 5.82 Å². The summed E-state index contributed by atoms with van der Waals surface area (Å²) in [6, 6.07) is 0. The Balaban J connectivity index is 2.81. The van der Waals surface area contributed by atoms with Crippen LogP contribution in [0.25, 0.3) is 0 Å². The van der Waals surface area contributed by atoms with Crippen molar-refractivity contribution < 1.29 is 0 Å². The van der Waals surface area contributed by atoms with Crippen molar-refractivity contribution in [3.8, 4) is 11.8 Å². The van der Waals surface area contributed by atoms with Crippen molar-refractivity contribution in [3.05, 3.63) is 18.2 Å². The van der Waals surface area contributed by atoms with E-state index in [9.17, 15) is 0 Å². The Labute approximate surface area is 67.3 Å². The third-order valence-corrected chi connectivity index (χ3v) is 1.29. The molecule has 2 heteroatoms. The molecule has 0 unspecified atom stereocenters. The van der Waals surface area contributed by atoms with Gasteiger partial charge in [0, 0.05) is 25.4 Å². The second-order valence-electron chi connectivity index (χ2n) is 2.79. The molecule has 1 heterocycles. The summed E-state index contributed by atoms with van der Waals surface area (Å²) in [5.74, 6) is 7.29. The molecule has 0 amide bonds. The Morgan fingerprint density at radius 3 is 2.73 bits per heavy atom. The molecule has 0 radical (unpaired) electrons. The van der Waals surface area contributed by atoms with Gasteiger partial charge in [0.05, 0.1) is 0 Å². The molecule has 0 aromatic carbocycles. The van der Waals surface area contributed by atoms with Gasteiger partial charge < -0.3 is 4.57 Å². The minimum Gasteiger partial charge on any atom is -0.327 e.